The van der Waals surface area contributed by atoms with Crippen LogP contribution in [0.4, 0.5) is 11.8 Å². The number of nitrogens with zero attached hydrogens (tertiary/aromatic N) is 4. The lowest BCUT2D eigenvalue weighted by molar-refractivity contribution is -0.116. The van der Waals surface area contributed by atoms with Crippen LogP contribution in [0.15, 0.2) is 60.7 Å². The Morgan fingerprint density at radius 3 is 2.49 bits per heavy atom. The molecule has 1 saturated carbocycles. The molecule has 0 bridgehead atoms. The van der Waals surface area contributed by atoms with Crippen LogP contribution in [0.5, 0.6) is 0 Å². The zero-order valence-electron chi connectivity index (χ0n) is 20.2. The summed E-state index contributed by atoms with van der Waals surface area (Å²) >= 11 is 0. The summed E-state index contributed by atoms with van der Waals surface area (Å²) in [4.78, 5) is 26.6. The smallest absolute Gasteiger partial charge is 0.244 e. The van der Waals surface area contributed by atoms with E-state index in [1.54, 1.807) is 6.08 Å². The van der Waals surface area contributed by atoms with Crippen molar-refractivity contribution in [3.8, 4) is 0 Å². The SMILES string of the molecule is O=C(/C=C/c1ccccc1)NCCN1CCN(c2nc(NC3CCCC3)c3ccccc3n2)CC1. The predicted octanol–water partition coefficient (Wildman–Crippen LogP) is 3.94. The first-order chi connectivity index (χ1) is 17.2. The lowest BCUT2D eigenvalue weighted by Crippen LogP contribution is -2.49. The van der Waals surface area contributed by atoms with Gasteiger partial charge in [-0.05, 0) is 36.6 Å². The number of anilines is 2. The van der Waals surface area contributed by atoms with Gasteiger partial charge in [-0.1, -0.05) is 55.3 Å². The van der Waals surface area contributed by atoms with Crippen LogP contribution >= 0.6 is 0 Å². The molecule has 35 heavy (non-hydrogen) atoms. The van der Waals surface area contributed by atoms with Crippen molar-refractivity contribution in [2.24, 2.45) is 0 Å². The number of rotatable bonds is 8. The standard InChI is InChI=1S/C28H34N6O/c35-26(15-14-22-8-2-1-3-9-22)29-16-17-33-18-20-34(21-19-33)28-31-25-13-7-6-12-24(25)27(32-28)30-23-10-4-5-11-23/h1-3,6-9,12-15,23H,4-5,10-11,16-21H2,(H,29,35)(H,30,31,32)/b15-14+. The molecular weight excluding hydrogens is 436 g/mol. The Bertz CT molecular complexity index is 1150. The highest BCUT2D eigenvalue weighted by Crippen LogP contribution is 2.28. The number of nitrogens with one attached hydrogen (secondary N) is 2. The fourth-order valence-corrected chi connectivity index (χ4v) is 4.88. The fourth-order valence-electron chi connectivity index (χ4n) is 4.88. The first kappa shape index (κ1) is 23.3. The summed E-state index contributed by atoms with van der Waals surface area (Å²) in [5, 5.41) is 7.78. The quantitative estimate of drug-likeness (QED) is 0.486. The molecule has 1 aliphatic heterocycles. The van der Waals surface area contributed by atoms with Crippen LogP contribution < -0.4 is 15.5 Å². The summed E-state index contributed by atoms with van der Waals surface area (Å²) in [5.74, 6) is 1.72. The number of benzene rings is 2. The van der Waals surface area contributed by atoms with E-state index in [0.717, 1.165) is 61.0 Å². The Balaban J connectivity index is 1.13. The topological polar surface area (TPSA) is 73.4 Å². The molecule has 7 heteroatoms. The molecule has 1 amide bonds. The highest BCUT2D eigenvalue weighted by atomic mass is 16.1. The van der Waals surface area contributed by atoms with Crippen LogP contribution in [-0.4, -0.2) is 66.1 Å². The summed E-state index contributed by atoms with van der Waals surface area (Å²) in [6.07, 6.45) is 8.45. The lowest BCUT2D eigenvalue weighted by Gasteiger charge is -2.35. The van der Waals surface area contributed by atoms with Gasteiger partial charge >= 0.3 is 0 Å². The third-order valence-electron chi connectivity index (χ3n) is 6.90. The van der Waals surface area contributed by atoms with E-state index in [9.17, 15) is 4.79 Å². The zero-order chi connectivity index (χ0) is 23.9. The van der Waals surface area contributed by atoms with E-state index < -0.39 is 0 Å². The van der Waals surface area contributed by atoms with E-state index in [2.05, 4.69) is 38.6 Å². The normalized spacial score (nSPS) is 17.3. The number of hydrogen-bond donors (Lipinski definition) is 2. The molecule has 1 aliphatic carbocycles. The summed E-state index contributed by atoms with van der Waals surface area (Å²) in [5.41, 5.74) is 2.02. The first-order valence-corrected chi connectivity index (χ1v) is 12.8. The van der Waals surface area contributed by atoms with Crippen LogP contribution in [0, 0.1) is 0 Å². The molecule has 0 spiro atoms. The molecule has 2 N–H and O–H groups in total. The highest BCUT2D eigenvalue weighted by molar-refractivity contribution is 5.91. The van der Waals surface area contributed by atoms with E-state index in [-0.39, 0.29) is 5.91 Å². The van der Waals surface area contributed by atoms with Crippen LogP contribution in [0.3, 0.4) is 0 Å². The molecule has 182 valence electrons. The van der Waals surface area contributed by atoms with Gasteiger partial charge in [-0.25, -0.2) is 4.98 Å². The van der Waals surface area contributed by atoms with Gasteiger partial charge in [-0.15, -0.1) is 0 Å². The van der Waals surface area contributed by atoms with E-state index >= 15 is 0 Å². The second kappa shape index (κ2) is 11.3. The van der Waals surface area contributed by atoms with Gasteiger partial charge in [0.15, 0.2) is 0 Å². The van der Waals surface area contributed by atoms with E-state index in [0.29, 0.717) is 12.6 Å². The number of carbonyl (C=O) groups is 1. The summed E-state index contributed by atoms with van der Waals surface area (Å²) in [6, 6.07) is 18.7. The van der Waals surface area contributed by atoms with Crippen molar-refractivity contribution >= 4 is 34.7 Å². The molecule has 0 radical (unpaired) electrons. The van der Waals surface area contributed by atoms with E-state index in [4.69, 9.17) is 9.97 Å². The maximum absolute atomic E-state index is 12.1. The highest BCUT2D eigenvalue weighted by Gasteiger charge is 2.22. The van der Waals surface area contributed by atoms with Crippen LogP contribution in [0.25, 0.3) is 17.0 Å². The van der Waals surface area contributed by atoms with Gasteiger partial charge in [0.25, 0.3) is 0 Å². The van der Waals surface area contributed by atoms with E-state index in [1.165, 1.54) is 25.7 Å². The Kier molecular flexibility index (Phi) is 7.53. The second-order valence-corrected chi connectivity index (χ2v) is 9.38. The molecule has 2 fully saturated rings. The molecule has 3 aromatic rings. The van der Waals surface area contributed by atoms with Crippen molar-refractivity contribution < 1.29 is 4.79 Å². The van der Waals surface area contributed by atoms with Gasteiger partial charge in [0.1, 0.15) is 5.82 Å². The molecule has 5 rings (SSSR count). The van der Waals surface area contributed by atoms with Gasteiger partial charge in [-0.2, -0.15) is 4.98 Å². The number of fused-ring (bicyclic) bond motifs is 1. The molecule has 0 unspecified atom stereocenters. The monoisotopic (exact) mass is 470 g/mol. The summed E-state index contributed by atoms with van der Waals surface area (Å²) in [6.45, 7) is 5.09. The third kappa shape index (κ3) is 6.17. The van der Waals surface area contributed by atoms with Gasteiger partial charge in [0.2, 0.25) is 11.9 Å². The van der Waals surface area contributed by atoms with Crippen molar-refractivity contribution in [3.05, 3.63) is 66.2 Å². The molecule has 7 nitrogen and oxygen atoms in total. The van der Waals surface area contributed by atoms with E-state index in [1.807, 2.05) is 42.5 Å². The Morgan fingerprint density at radius 1 is 0.943 bits per heavy atom. The maximum atomic E-state index is 12.1. The molecule has 2 heterocycles. The third-order valence-corrected chi connectivity index (χ3v) is 6.90. The summed E-state index contributed by atoms with van der Waals surface area (Å²) in [7, 11) is 0. The average molecular weight is 471 g/mol. The predicted molar refractivity (Wildman–Crippen MR) is 143 cm³/mol. The van der Waals surface area contributed by atoms with Gasteiger partial charge in [-0.3, -0.25) is 9.69 Å². The fraction of sp³-hybridized carbons (Fsp3) is 0.393. The Labute approximate surface area is 207 Å². The van der Waals surface area contributed by atoms with Gasteiger partial charge in [0.05, 0.1) is 5.52 Å². The number of carbonyl (C=O) groups excluding carboxylic acids is 1. The minimum Gasteiger partial charge on any atom is -0.367 e. The number of aromatic nitrogens is 2. The minimum absolute atomic E-state index is 0.0562. The first-order valence-electron chi connectivity index (χ1n) is 12.8. The molecule has 2 aliphatic rings. The molecular formula is C28H34N6O. The zero-order valence-corrected chi connectivity index (χ0v) is 20.2. The van der Waals surface area contributed by atoms with Crippen molar-refractivity contribution in [1.82, 2.24) is 20.2 Å². The van der Waals surface area contributed by atoms with Crippen molar-refractivity contribution in [2.75, 3.05) is 49.5 Å². The van der Waals surface area contributed by atoms with Crippen LogP contribution in [0.2, 0.25) is 0 Å². The average Bonchev–Trinajstić information content (AvgIpc) is 3.42. The van der Waals surface area contributed by atoms with Gasteiger partial charge in [0, 0.05) is 56.8 Å². The molecule has 1 saturated heterocycles. The number of hydrogen-bond acceptors (Lipinski definition) is 6. The van der Waals surface area contributed by atoms with Gasteiger partial charge < -0.3 is 15.5 Å². The Morgan fingerprint density at radius 2 is 1.69 bits per heavy atom. The van der Waals surface area contributed by atoms with Crippen molar-refractivity contribution in [1.29, 1.82) is 0 Å². The Hall–Kier alpha value is -3.45. The largest absolute Gasteiger partial charge is 0.367 e. The van der Waals surface area contributed by atoms with Crippen LogP contribution in [0.1, 0.15) is 31.2 Å². The molecule has 0 atom stereocenters. The summed E-state index contributed by atoms with van der Waals surface area (Å²) < 4.78 is 0. The maximum Gasteiger partial charge on any atom is 0.244 e. The lowest BCUT2D eigenvalue weighted by atomic mass is 10.2. The molecule has 1 aromatic heterocycles. The number of piperazine rings is 1. The van der Waals surface area contributed by atoms with Crippen LogP contribution in [-0.2, 0) is 4.79 Å². The number of amides is 1. The van der Waals surface area contributed by atoms with Crippen molar-refractivity contribution in [2.45, 2.75) is 31.7 Å². The minimum atomic E-state index is -0.0562. The number of para-hydroxylation sites is 1. The second-order valence-electron chi connectivity index (χ2n) is 9.38. The van der Waals surface area contributed by atoms with Crippen molar-refractivity contribution in [3.63, 3.8) is 0 Å². The molecule has 2 aromatic carbocycles.